The Bertz CT molecular complexity index is 1240. The van der Waals surface area contributed by atoms with E-state index < -0.39 is 0 Å². The Morgan fingerprint density at radius 1 is 1.06 bits per heavy atom. The number of carbonyl (C=O) groups is 1. The van der Waals surface area contributed by atoms with Crippen molar-refractivity contribution in [3.05, 3.63) is 113 Å². The zero-order valence-corrected chi connectivity index (χ0v) is 18.1. The molecule has 0 unspecified atom stereocenters. The highest BCUT2D eigenvalue weighted by Gasteiger charge is 2.19. The number of ether oxygens (including phenoxy) is 1. The molecule has 4 heterocycles. The lowest BCUT2D eigenvalue weighted by atomic mass is 10.1. The number of carbonyl (C=O) groups excluding carboxylic acids is 1. The van der Waals surface area contributed by atoms with Crippen LogP contribution in [-0.4, -0.2) is 20.2 Å². The smallest absolute Gasteiger partial charge is 0.254 e. The summed E-state index contributed by atoms with van der Waals surface area (Å²) in [5.74, 6) is 1.30. The number of aromatic nitrogens is 2. The Balaban J connectivity index is 1.32. The predicted molar refractivity (Wildman–Crippen MR) is 123 cm³/mol. The molecule has 7 heteroatoms. The summed E-state index contributed by atoms with van der Waals surface area (Å²) in [5.41, 5.74) is 2.27. The van der Waals surface area contributed by atoms with Crippen LogP contribution < -0.4 is 4.74 Å². The first-order valence-corrected chi connectivity index (χ1v) is 11.1. The highest BCUT2D eigenvalue weighted by Crippen LogP contribution is 2.21. The minimum Gasteiger partial charge on any atom is -0.487 e. The molecule has 5 rings (SSSR count). The van der Waals surface area contributed by atoms with Crippen molar-refractivity contribution >= 4 is 22.9 Å². The third-order valence-electron chi connectivity index (χ3n) is 5.02. The van der Waals surface area contributed by atoms with E-state index in [0.29, 0.717) is 31.0 Å². The number of amides is 1. The van der Waals surface area contributed by atoms with Gasteiger partial charge in [-0.1, -0.05) is 18.2 Å². The fourth-order valence-electron chi connectivity index (χ4n) is 3.50. The predicted octanol–water partition coefficient (Wildman–Crippen LogP) is 5.41. The molecule has 6 nitrogen and oxygen atoms in total. The first-order chi connectivity index (χ1) is 15.7. The normalized spacial score (nSPS) is 11.0. The lowest BCUT2D eigenvalue weighted by molar-refractivity contribution is 0.0719. The van der Waals surface area contributed by atoms with Crippen LogP contribution in [0.5, 0.6) is 5.75 Å². The van der Waals surface area contributed by atoms with Crippen LogP contribution in [0, 0.1) is 0 Å². The zero-order valence-electron chi connectivity index (χ0n) is 17.3. The van der Waals surface area contributed by atoms with E-state index in [1.54, 1.807) is 28.6 Å². The average molecular weight is 444 g/mol. The number of nitrogens with zero attached hydrogens (tertiary/aromatic N) is 3. The fraction of sp³-hybridized carbons (Fsp3) is 0.120. The molecule has 0 radical (unpaired) electrons. The molecule has 0 atom stereocenters. The van der Waals surface area contributed by atoms with Crippen molar-refractivity contribution in [1.29, 1.82) is 0 Å². The van der Waals surface area contributed by atoms with Gasteiger partial charge in [0.1, 0.15) is 23.8 Å². The highest BCUT2D eigenvalue weighted by atomic mass is 32.1. The second-order valence-corrected chi connectivity index (χ2v) is 8.37. The van der Waals surface area contributed by atoms with Crippen LogP contribution in [0.25, 0.3) is 5.65 Å². The molecule has 0 saturated heterocycles. The van der Waals surface area contributed by atoms with Gasteiger partial charge in [0.2, 0.25) is 0 Å². The number of furan rings is 1. The summed E-state index contributed by atoms with van der Waals surface area (Å²) < 4.78 is 13.4. The first-order valence-electron chi connectivity index (χ1n) is 10.2. The van der Waals surface area contributed by atoms with Gasteiger partial charge in [-0.3, -0.25) is 4.79 Å². The van der Waals surface area contributed by atoms with E-state index in [-0.39, 0.29) is 5.91 Å². The third kappa shape index (κ3) is 4.58. The number of thiophene rings is 1. The van der Waals surface area contributed by atoms with Crippen LogP contribution in [0.15, 0.2) is 95.2 Å². The van der Waals surface area contributed by atoms with Crippen LogP contribution >= 0.6 is 11.3 Å². The summed E-state index contributed by atoms with van der Waals surface area (Å²) in [6.07, 6.45) is 5.51. The molecule has 0 bridgehead atoms. The number of fused-ring (bicyclic) bond motifs is 1. The van der Waals surface area contributed by atoms with Crippen molar-refractivity contribution in [2.45, 2.75) is 19.7 Å². The van der Waals surface area contributed by atoms with E-state index in [0.717, 1.165) is 22.0 Å². The first kappa shape index (κ1) is 20.1. The standard InChI is InChI=1S/C25H21N3O3S/c29-25(28(16-22-8-4-12-30-22)17-23-9-5-13-32-23)19-6-3-7-21(14-19)31-18-20-15-27-11-2-1-10-24(27)26-20/h1-15H,16-18H2. The maximum absolute atomic E-state index is 13.4. The van der Waals surface area contributed by atoms with Gasteiger partial charge in [0.05, 0.1) is 25.0 Å². The molecular formula is C25H21N3O3S. The van der Waals surface area contributed by atoms with Crippen molar-refractivity contribution in [3.63, 3.8) is 0 Å². The van der Waals surface area contributed by atoms with E-state index in [4.69, 9.17) is 9.15 Å². The molecule has 0 aliphatic heterocycles. The van der Waals surface area contributed by atoms with Gasteiger partial charge in [-0.05, 0) is 53.9 Å². The number of hydrogen-bond donors (Lipinski definition) is 0. The quantitative estimate of drug-likeness (QED) is 0.322. The minimum absolute atomic E-state index is 0.0759. The largest absolute Gasteiger partial charge is 0.487 e. The van der Waals surface area contributed by atoms with E-state index in [9.17, 15) is 4.79 Å². The summed E-state index contributed by atoms with van der Waals surface area (Å²) in [6, 6.07) is 20.9. The Morgan fingerprint density at radius 2 is 2.03 bits per heavy atom. The van der Waals surface area contributed by atoms with Crippen LogP contribution in [-0.2, 0) is 19.7 Å². The monoisotopic (exact) mass is 443 g/mol. The van der Waals surface area contributed by atoms with Gasteiger partial charge in [0.25, 0.3) is 5.91 Å². The molecule has 32 heavy (non-hydrogen) atoms. The molecule has 1 aromatic carbocycles. The Hall–Kier alpha value is -3.84. The van der Waals surface area contributed by atoms with Gasteiger partial charge < -0.3 is 18.5 Å². The molecule has 160 valence electrons. The van der Waals surface area contributed by atoms with E-state index in [2.05, 4.69) is 4.98 Å². The average Bonchev–Trinajstić information content (AvgIpc) is 3.59. The van der Waals surface area contributed by atoms with Gasteiger partial charge in [-0.15, -0.1) is 11.3 Å². The molecule has 0 N–H and O–H groups in total. The Kier molecular flexibility index (Phi) is 5.72. The molecular weight excluding hydrogens is 422 g/mol. The number of rotatable bonds is 8. The van der Waals surface area contributed by atoms with Crippen LogP contribution in [0.4, 0.5) is 0 Å². The number of imidazole rings is 1. The maximum Gasteiger partial charge on any atom is 0.254 e. The Labute approximate surface area is 189 Å². The van der Waals surface area contributed by atoms with Crippen molar-refractivity contribution in [1.82, 2.24) is 14.3 Å². The molecule has 0 spiro atoms. The topological polar surface area (TPSA) is 60.0 Å². The summed E-state index contributed by atoms with van der Waals surface area (Å²) in [4.78, 5) is 20.8. The second-order valence-electron chi connectivity index (χ2n) is 7.33. The van der Waals surface area contributed by atoms with Crippen molar-refractivity contribution < 1.29 is 13.9 Å². The molecule has 5 aromatic rings. The van der Waals surface area contributed by atoms with Crippen molar-refractivity contribution in [2.24, 2.45) is 0 Å². The van der Waals surface area contributed by atoms with Crippen molar-refractivity contribution in [3.8, 4) is 5.75 Å². The summed E-state index contributed by atoms with van der Waals surface area (Å²) >= 11 is 1.63. The highest BCUT2D eigenvalue weighted by molar-refractivity contribution is 7.09. The van der Waals surface area contributed by atoms with Gasteiger partial charge in [0, 0.05) is 22.8 Å². The summed E-state index contributed by atoms with van der Waals surface area (Å²) in [5, 5.41) is 2.01. The van der Waals surface area contributed by atoms with E-state index >= 15 is 0 Å². The summed E-state index contributed by atoms with van der Waals surface area (Å²) in [6.45, 7) is 1.24. The van der Waals surface area contributed by atoms with E-state index in [1.165, 1.54) is 0 Å². The molecule has 0 aliphatic carbocycles. The van der Waals surface area contributed by atoms with E-state index in [1.807, 2.05) is 82.8 Å². The Morgan fingerprint density at radius 3 is 2.84 bits per heavy atom. The fourth-order valence-corrected chi connectivity index (χ4v) is 4.22. The van der Waals surface area contributed by atoms with Gasteiger partial charge in [-0.2, -0.15) is 0 Å². The number of benzene rings is 1. The number of pyridine rings is 1. The lowest BCUT2D eigenvalue weighted by Gasteiger charge is -2.21. The lowest BCUT2D eigenvalue weighted by Crippen LogP contribution is -2.29. The second kappa shape index (κ2) is 9.11. The van der Waals surface area contributed by atoms with Crippen LogP contribution in [0.3, 0.4) is 0 Å². The van der Waals surface area contributed by atoms with Gasteiger partial charge in [-0.25, -0.2) is 4.98 Å². The molecule has 4 aromatic heterocycles. The SMILES string of the molecule is O=C(c1cccc(OCc2cn3ccccc3n2)c1)N(Cc1ccco1)Cc1cccs1. The third-order valence-corrected chi connectivity index (χ3v) is 5.88. The molecule has 1 amide bonds. The minimum atomic E-state index is -0.0759. The van der Waals surface area contributed by atoms with Crippen LogP contribution in [0.1, 0.15) is 26.7 Å². The zero-order chi connectivity index (χ0) is 21.8. The molecule has 0 saturated carbocycles. The summed E-state index contributed by atoms with van der Waals surface area (Å²) in [7, 11) is 0. The van der Waals surface area contributed by atoms with Crippen LogP contribution in [0.2, 0.25) is 0 Å². The molecule has 0 aliphatic rings. The van der Waals surface area contributed by atoms with Crippen molar-refractivity contribution in [2.75, 3.05) is 0 Å². The maximum atomic E-state index is 13.4. The molecule has 0 fully saturated rings. The van der Waals surface area contributed by atoms with Gasteiger partial charge in [0.15, 0.2) is 0 Å². The van der Waals surface area contributed by atoms with Gasteiger partial charge >= 0.3 is 0 Å². The number of hydrogen-bond acceptors (Lipinski definition) is 5.